The second-order valence-corrected chi connectivity index (χ2v) is 5.79. The van der Waals surface area contributed by atoms with Crippen LogP contribution in [0.1, 0.15) is 28.9 Å². The molecule has 1 atom stereocenters. The van der Waals surface area contributed by atoms with Crippen molar-refractivity contribution in [3.63, 3.8) is 0 Å². The van der Waals surface area contributed by atoms with E-state index < -0.39 is 6.09 Å². The molecular formula is C20H21N3O3. The second kappa shape index (κ2) is 8.20. The Kier molecular flexibility index (Phi) is 5.53. The van der Waals surface area contributed by atoms with Gasteiger partial charge >= 0.3 is 6.09 Å². The molecule has 0 aliphatic heterocycles. The molecule has 2 amide bonds. The van der Waals surface area contributed by atoms with E-state index in [1.54, 1.807) is 13.1 Å². The first-order valence-corrected chi connectivity index (χ1v) is 8.51. The second-order valence-electron chi connectivity index (χ2n) is 5.79. The van der Waals surface area contributed by atoms with E-state index in [2.05, 4.69) is 15.6 Å². The van der Waals surface area contributed by atoms with E-state index in [1.165, 1.54) is 0 Å². The Morgan fingerprint density at radius 3 is 2.58 bits per heavy atom. The van der Waals surface area contributed by atoms with Crippen LogP contribution < -0.4 is 10.6 Å². The molecule has 0 bridgehead atoms. The average molecular weight is 351 g/mol. The van der Waals surface area contributed by atoms with Crippen LogP contribution in [-0.2, 0) is 4.74 Å². The maximum Gasteiger partial charge on any atom is 0.407 e. The fourth-order valence-corrected chi connectivity index (χ4v) is 2.80. The molecule has 1 unspecified atom stereocenters. The SMILES string of the molecule is CCOC(=O)NC(CNC(=O)c1c[nH]c2ccccc12)c1ccccc1. The molecule has 3 aromatic rings. The number of fused-ring (bicyclic) bond motifs is 1. The number of nitrogens with one attached hydrogen (secondary N) is 3. The molecule has 134 valence electrons. The molecule has 0 aliphatic carbocycles. The van der Waals surface area contributed by atoms with Crippen molar-refractivity contribution in [3.05, 3.63) is 71.9 Å². The predicted octanol–water partition coefficient (Wildman–Crippen LogP) is 3.39. The molecule has 6 nitrogen and oxygen atoms in total. The van der Waals surface area contributed by atoms with E-state index in [9.17, 15) is 9.59 Å². The van der Waals surface area contributed by atoms with Gasteiger partial charge in [0.05, 0.1) is 18.2 Å². The standard InChI is InChI=1S/C20H21N3O3/c1-2-26-20(25)23-18(14-8-4-3-5-9-14)13-22-19(24)16-12-21-17-11-7-6-10-15(16)17/h3-12,18,21H,2,13H2,1H3,(H,22,24)(H,23,25). The Balaban J connectivity index is 1.72. The Morgan fingerprint density at radius 2 is 1.81 bits per heavy atom. The molecule has 0 fully saturated rings. The Labute approximate surface area is 151 Å². The van der Waals surface area contributed by atoms with Crippen molar-refractivity contribution in [2.45, 2.75) is 13.0 Å². The fraction of sp³-hybridized carbons (Fsp3) is 0.200. The van der Waals surface area contributed by atoms with E-state index in [0.29, 0.717) is 5.56 Å². The van der Waals surface area contributed by atoms with Crippen LogP contribution >= 0.6 is 0 Å². The molecule has 26 heavy (non-hydrogen) atoms. The van der Waals surface area contributed by atoms with Crippen LogP contribution in [0.3, 0.4) is 0 Å². The highest BCUT2D eigenvalue weighted by molar-refractivity contribution is 6.06. The summed E-state index contributed by atoms with van der Waals surface area (Å²) in [6.45, 7) is 2.28. The summed E-state index contributed by atoms with van der Waals surface area (Å²) in [5.41, 5.74) is 2.37. The number of hydrogen-bond acceptors (Lipinski definition) is 3. The molecular weight excluding hydrogens is 330 g/mol. The van der Waals surface area contributed by atoms with Crippen LogP contribution in [0.25, 0.3) is 10.9 Å². The van der Waals surface area contributed by atoms with Crippen molar-refractivity contribution in [2.75, 3.05) is 13.2 Å². The van der Waals surface area contributed by atoms with E-state index in [1.807, 2.05) is 54.6 Å². The minimum atomic E-state index is -0.511. The lowest BCUT2D eigenvalue weighted by Crippen LogP contribution is -2.38. The van der Waals surface area contributed by atoms with E-state index in [-0.39, 0.29) is 25.1 Å². The van der Waals surface area contributed by atoms with Crippen molar-refractivity contribution in [3.8, 4) is 0 Å². The monoisotopic (exact) mass is 351 g/mol. The van der Waals surface area contributed by atoms with Gasteiger partial charge in [0.2, 0.25) is 0 Å². The molecule has 2 aromatic carbocycles. The molecule has 0 saturated heterocycles. The number of ether oxygens (including phenoxy) is 1. The van der Waals surface area contributed by atoms with E-state index >= 15 is 0 Å². The van der Waals surface area contributed by atoms with Crippen LogP contribution in [0.5, 0.6) is 0 Å². The van der Waals surface area contributed by atoms with Gasteiger partial charge in [-0.05, 0) is 18.6 Å². The summed E-state index contributed by atoms with van der Waals surface area (Å²) in [6.07, 6.45) is 1.18. The quantitative estimate of drug-likeness (QED) is 0.636. The van der Waals surface area contributed by atoms with Gasteiger partial charge in [0.1, 0.15) is 0 Å². The van der Waals surface area contributed by atoms with Gasteiger partial charge in [-0.15, -0.1) is 0 Å². The van der Waals surface area contributed by atoms with Crippen molar-refractivity contribution < 1.29 is 14.3 Å². The number of carbonyl (C=O) groups is 2. The van der Waals surface area contributed by atoms with Gasteiger partial charge in [-0.2, -0.15) is 0 Å². The molecule has 3 rings (SSSR count). The fourth-order valence-electron chi connectivity index (χ4n) is 2.80. The Bertz CT molecular complexity index is 889. The summed E-state index contributed by atoms with van der Waals surface area (Å²) in [4.78, 5) is 27.5. The van der Waals surface area contributed by atoms with Crippen LogP contribution in [0, 0.1) is 0 Å². The van der Waals surface area contributed by atoms with E-state index in [4.69, 9.17) is 4.74 Å². The number of aromatic amines is 1. The topological polar surface area (TPSA) is 83.2 Å². The lowest BCUT2D eigenvalue weighted by atomic mass is 10.1. The Hall–Kier alpha value is -3.28. The van der Waals surface area contributed by atoms with Crippen molar-refractivity contribution in [1.29, 1.82) is 0 Å². The summed E-state index contributed by atoms with van der Waals surface area (Å²) >= 11 is 0. The molecule has 3 N–H and O–H groups in total. The highest BCUT2D eigenvalue weighted by atomic mass is 16.5. The maximum absolute atomic E-state index is 12.6. The molecule has 6 heteroatoms. The van der Waals surface area contributed by atoms with Crippen LogP contribution in [-0.4, -0.2) is 30.1 Å². The average Bonchev–Trinajstić information content (AvgIpc) is 3.10. The van der Waals surface area contributed by atoms with Gasteiger partial charge in [-0.1, -0.05) is 48.5 Å². The largest absolute Gasteiger partial charge is 0.450 e. The number of para-hydroxylation sites is 1. The van der Waals surface area contributed by atoms with Gasteiger partial charge in [-0.25, -0.2) is 4.79 Å². The van der Waals surface area contributed by atoms with Crippen molar-refractivity contribution >= 4 is 22.9 Å². The first kappa shape index (κ1) is 17.5. The smallest absolute Gasteiger partial charge is 0.407 e. The number of H-pyrrole nitrogens is 1. The lowest BCUT2D eigenvalue weighted by molar-refractivity contribution is 0.0948. The molecule has 1 heterocycles. The number of carbonyl (C=O) groups excluding carboxylic acids is 2. The van der Waals surface area contributed by atoms with Gasteiger partial charge in [0.25, 0.3) is 5.91 Å². The summed E-state index contributed by atoms with van der Waals surface area (Å²) in [5.74, 6) is -0.200. The van der Waals surface area contributed by atoms with E-state index in [0.717, 1.165) is 16.5 Å². The molecule has 0 spiro atoms. The summed E-state index contributed by atoms with van der Waals surface area (Å²) in [6, 6.07) is 16.7. The van der Waals surface area contributed by atoms with Crippen LogP contribution in [0.4, 0.5) is 4.79 Å². The zero-order chi connectivity index (χ0) is 18.4. The predicted molar refractivity (Wildman–Crippen MR) is 100.0 cm³/mol. The highest BCUT2D eigenvalue weighted by Gasteiger charge is 2.18. The van der Waals surface area contributed by atoms with Crippen LogP contribution in [0.2, 0.25) is 0 Å². The number of hydrogen-bond donors (Lipinski definition) is 3. The maximum atomic E-state index is 12.6. The number of amides is 2. The van der Waals surface area contributed by atoms with Crippen molar-refractivity contribution in [2.24, 2.45) is 0 Å². The molecule has 1 aromatic heterocycles. The number of alkyl carbamates (subject to hydrolysis) is 1. The van der Waals surface area contributed by atoms with Gasteiger partial charge in [0.15, 0.2) is 0 Å². The zero-order valence-corrected chi connectivity index (χ0v) is 14.5. The molecule has 0 saturated carbocycles. The summed E-state index contributed by atoms with van der Waals surface area (Å²) in [7, 11) is 0. The third-order valence-electron chi connectivity index (χ3n) is 4.07. The van der Waals surface area contributed by atoms with Gasteiger partial charge in [0, 0.05) is 23.6 Å². The highest BCUT2D eigenvalue weighted by Crippen LogP contribution is 2.18. The van der Waals surface area contributed by atoms with Crippen LogP contribution in [0.15, 0.2) is 60.8 Å². The number of rotatable bonds is 6. The van der Waals surface area contributed by atoms with Gasteiger partial charge in [-0.3, -0.25) is 4.79 Å². The zero-order valence-electron chi connectivity index (χ0n) is 14.5. The molecule has 0 radical (unpaired) electrons. The molecule has 0 aliphatic rings. The first-order valence-electron chi connectivity index (χ1n) is 8.51. The third kappa shape index (κ3) is 4.03. The first-order chi connectivity index (χ1) is 12.7. The minimum absolute atomic E-state index is 0.200. The normalized spacial score (nSPS) is 11.7. The van der Waals surface area contributed by atoms with Crippen molar-refractivity contribution in [1.82, 2.24) is 15.6 Å². The number of benzene rings is 2. The number of aromatic nitrogens is 1. The third-order valence-corrected chi connectivity index (χ3v) is 4.07. The summed E-state index contributed by atoms with van der Waals surface area (Å²) in [5, 5.41) is 6.54. The van der Waals surface area contributed by atoms with Gasteiger partial charge < -0.3 is 20.4 Å². The summed E-state index contributed by atoms with van der Waals surface area (Å²) < 4.78 is 4.96. The lowest BCUT2D eigenvalue weighted by Gasteiger charge is -2.19. The minimum Gasteiger partial charge on any atom is -0.450 e. The Morgan fingerprint density at radius 1 is 1.08 bits per heavy atom.